The third kappa shape index (κ3) is 13.3. The van der Waals surface area contributed by atoms with E-state index in [-0.39, 0.29) is 10.6 Å². The van der Waals surface area contributed by atoms with Gasteiger partial charge in [0.25, 0.3) is 0 Å². The van der Waals surface area contributed by atoms with Crippen LogP contribution < -0.4 is 16.5 Å². The minimum absolute atomic E-state index is 0.161. The van der Waals surface area contributed by atoms with Gasteiger partial charge in [-0.15, -0.1) is 0 Å². The van der Waals surface area contributed by atoms with Crippen LogP contribution in [0.2, 0.25) is 15.7 Å². The Kier molecular flexibility index (Phi) is 16.5. The van der Waals surface area contributed by atoms with Gasteiger partial charge in [-0.1, -0.05) is 139 Å². The van der Waals surface area contributed by atoms with Crippen molar-refractivity contribution in [2.24, 2.45) is 0 Å². The minimum atomic E-state index is -1.34. The monoisotopic (exact) mass is 959 g/mol. The lowest BCUT2D eigenvalue weighted by Gasteiger charge is -2.08. The van der Waals surface area contributed by atoms with Crippen molar-refractivity contribution >= 4 is 97.8 Å². The smallest absolute Gasteiger partial charge is 0.423 e. The Morgan fingerprint density at radius 3 is 1.32 bits per heavy atom. The number of halogens is 3. The topological polar surface area (TPSA) is 203 Å². The zero-order valence-corrected chi connectivity index (χ0v) is 39.3. The van der Waals surface area contributed by atoms with Crippen molar-refractivity contribution in [2.45, 2.75) is 20.8 Å². The number of aryl methyl sites for hydroxylation is 3. The molecule has 6 aromatic heterocycles. The number of H-pyrrole nitrogens is 3. The molecule has 0 aliphatic carbocycles. The van der Waals surface area contributed by atoms with Crippen molar-refractivity contribution in [1.82, 2.24) is 44.9 Å². The zero-order valence-electron chi connectivity index (χ0n) is 37.0. The summed E-state index contributed by atoms with van der Waals surface area (Å²) in [6.07, 6.45) is 0. The molecule has 0 aliphatic rings. The summed E-state index contributed by atoms with van der Waals surface area (Å²) in [5.41, 5.74) is 17.0. The highest BCUT2D eigenvalue weighted by Crippen LogP contribution is 2.30. The van der Waals surface area contributed by atoms with Gasteiger partial charge in [0.1, 0.15) is 22.1 Å². The number of aromatic amines is 3. The van der Waals surface area contributed by atoms with Gasteiger partial charge >= 0.3 is 7.12 Å². The van der Waals surface area contributed by atoms with Crippen LogP contribution in [0.3, 0.4) is 0 Å². The number of fused-ring (bicyclic) bond motifs is 3. The molecular formula is C51H45BCl3N11O2. The Morgan fingerprint density at radius 1 is 0.471 bits per heavy atom. The summed E-state index contributed by atoms with van der Waals surface area (Å²) in [6, 6.07) is 54.2. The fourth-order valence-electron chi connectivity index (χ4n) is 6.75. The number of nitrogens with one attached hydrogen (secondary N) is 4. The number of rotatable bonds is 5. The van der Waals surface area contributed by atoms with Crippen LogP contribution >= 0.6 is 34.8 Å². The number of aromatic nitrogens is 9. The Morgan fingerprint density at radius 2 is 0.868 bits per heavy atom. The lowest BCUT2D eigenvalue weighted by Crippen LogP contribution is -2.29. The van der Waals surface area contributed by atoms with Crippen molar-refractivity contribution in [3.63, 3.8) is 0 Å². The number of hydrogen-bond donors (Lipinski definition) is 7. The molecule has 17 heteroatoms. The Labute approximate surface area is 407 Å². The van der Waals surface area contributed by atoms with Crippen molar-refractivity contribution in [2.75, 3.05) is 11.1 Å². The predicted octanol–water partition coefficient (Wildman–Crippen LogP) is 11.5. The predicted molar refractivity (Wildman–Crippen MR) is 279 cm³/mol. The number of anilines is 3. The Hall–Kier alpha value is -7.59. The van der Waals surface area contributed by atoms with Crippen LogP contribution in [0.4, 0.5) is 17.3 Å². The van der Waals surface area contributed by atoms with Gasteiger partial charge in [-0.3, -0.25) is 0 Å². The van der Waals surface area contributed by atoms with Crippen molar-refractivity contribution < 1.29 is 10.0 Å². The molecule has 0 fully saturated rings. The Balaban J connectivity index is 0.000000134. The normalized spacial score (nSPS) is 10.4. The van der Waals surface area contributed by atoms with Gasteiger partial charge in [-0.2, -0.15) is 15.0 Å². The second kappa shape index (κ2) is 23.2. The number of nitrogens with two attached hydrogens (primary N) is 1. The average molecular weight is 961 g/mol. The molecule has 0 unspecified atom stereocenters. The first kappa shape index (κ1) is 48.4. The fraction of sp³-hybridized carbons (Fsp3) is 0.0588. The number of nitrogen functional groups attached to an aromatic ring is 1. The molecule has 11 rings (SSSR count). The van der Waals surface area contributed by atoms with Gasteiger partial charge in [-0.25, -0.2) is 15.0 Å². The number of hydrogen-bond acceptors (Lipinski definition) is 10. The second-order valence-electron chi connectivity index (χ2n) is 15.1. The summed E-state index contributed by atoms with van der Waals surface area (Å²) in [6.45, 7) is 5.94. The first-order chi connectivity index (χ1) is 32.9. The quantitative estimate of drug-likeness (QED) is 0.0376. The van der Waals surface area contributed by atoms with Gasteiger partial charge in [0.2, 0.25) is 16.5 Å². The third-order valence-electron chi connectivity index (χ3n) is 9.79. The number of benzene rings is 5. The van der Waals surface area contributed by atoms with E-state index in [0.29, 0.717) is 22.2 Å². The van der Waals surface area contributed by atoms with E-state index in [4.69, 9.17) is 55.6 Å². The summed E-state index contributed by atoms with van der Waals surface area (Å²) in [5, 5.41) is 24.1. The van der Waals surface area contributed by atoms with E-state index in [2.05, 4.69) is 63.4 Å². The van der Waals surface area contributed by atoms with E-state index < -0.39 is 7.12 Å². The Bertz CT molecular complexity index is 3330. The molecule has 11 aromatic rings. The lowest BCUT2D eigenvalue weighted by atomic mass is 9.81. The largest absolute Gasteiger partial charge is 0.488 e. The maximum absolute atomic E-state index is 8.58. The maximum Gasteiger partial charge on any atom is 0.488 e. The van der Waals surface area contributed by atoms with Crippen LogP contribution in [0.1, 0.15) is 17.1 Å². The molecular weight excluding hydrogens is 916 g/mol. The van der Waals surface area contributed by atoms with Crippen molar-refractivity contribution in [1.29, 1.82) is 0 Å². The zero-order chi connectivity index (χ0) is 48.0. The molecule has 340 valence electrons. The first-order valence-electron chi connectivity index (χ1n) is 21.1. The van der Waals surface area contributed by atoms with Gasteiger partial charge < -0.3 is 36.1 Å². The maximum atomic E-state index is 8.58. The van der Waals surface area contributed by atoms with E-state index in [1.165, 1.54) is 0 Å². The highest BCUT2D eigenvalue weighted by atomic mass is 35.5. The van der Waals surface area contributed by atoms with E-state index in [1.54, 1.807) is 24.3 Å². The molecule has 0 bridgehead atoms. The molecule has 0 atom stereocenters. The van der Waals surface area contributed by atoms with Crippen LogP contribution in [-0.2, 0) is 0 Å². The molecule has 0 aliphatic heterocycles. The minimum Gasteiger partial charge on any atom is -0.423 e. The molecule has 5 aromatic carbocycles. The van der Waals surface area contributed by atoms with Crippen LogP contribution in [0.25, 0.3) is 55.6 Å². The summed E-state index contributed by atoms with van der Waals surface area (Å²) >= 11 is 17.4. The number of para-hydroxylation sites is 2. The molecule has 0 radical (unpaired) electrons. The first-order valence-corrected chi connectivity index (χ1v) is 22.3. The highest BCUT2D eigenvalue weighted by Gasteiger charge is 2.13. The average Bonchev–Trinajstić information content (AvgIpc) is 4.04. The van der Waals surface area contributed by atoms with E-state index in [9.17, 15) is 0 Å². The fourth-order valence-corrected chi connectivity index (χ4v) is 7.36. The summed E-state index contributed by atoms with van der Waals surface area (Å²) in [5.74, 6) is 0.587. The van der Waals surface area contributed by atoms with E-state index >= 15 is 0 Å². The van der Waals surface area contributed by atoms with Gasteiger partial charge in [0.15, 0.2) is 0 Å². The van der Waals surface area contributed by atoms with Crippen LogP contribution in [0, 0.1) is 20.8 Å². The summed E-state index contributed by atoms with van der Waals surface area (Å²) in [4.78, 5) is 35.1. The van der Waals surface area contributed by atoms with Crippen molar-refractivity contribution in [3.05, 3.63) is 203 Å². The highest BCUT2D eigenvalue weighted by molar-refractivity contribution is 6.58. The second-order valence-corrected chi connectivity index (χ2v) is 16.1. The molecule has 68 heavy (non-hydrogen) atoms. The molecule has 0 spiro atoms. The molecule has 13 nitrogen and oxygen atoms in total. The molecule has 0 amide bonds. The molecule has 0 saturated heterocycles. The summed E-state index contributed by atoms with van der Waals surface area (Å²) < 4.78 is 0. The van der Waals surface area contributed by atoms with Gasteiger partial charge in [0, 0.05) is 50.4 Å². The standard InChI is InChI=1S/C19H16N4.C13H10ClN3.C7H5Cl2N3.C6H7BO2.C6H7N/c1-13-12-16-17(14-8-4-2-5-9-14)22-19(23-18(16)20-13)21-15-10-6-3-7-11-15;1-8-7-10-11(9-5-3-2-4-6-9)16-13(14)17-12(10)15-8;1-3-2-4-5(8)11-7(9)12-6(4)10-3;8-7(9)6-4-2-1-3-5-6;7-6-4-2-1-3-5-6/h2-12H,1H3,(H2,20,21,22,23);2-7H,1H3,(H,15,16,17);2H,1H3,(H,10,11,12);1-5,8-9H;1-5H,7H2. The third-order valence-corrected chi connectivity index (χ3v) is 10.4. The van der Waals surface area contributed by atoms with E-state index in [1.807, 2.05) is 148 Å². The SMILES string of the molecule is Cc1cc2c(-c3ccccc3)nc(Cl)nc2[nH]1.Cc1cc2c(-c3ccccc3)nc(Nc3ccccc3)nc2[nH]1.Cc1cc2c(Cl)nc(Cl)nc2[nH]1.Nc1ccccc1.OB(O)c1ccccc1. The molecule has 0 saturated carbocycles. The van der Waals surface area contributed by atoms with Gasteiger partial charge in [0.05, 0.1) is 16.8 Å². The van der Waals surface area contributed by atoms with Crippen LogP contribution in [0.5, 0.6) is 0 Å². The molecule has 8 N–H and O–H groups in total. The number of nitrogens with zero attached hydrogens (tertiary/aromatic N) is 6. The van der Waals surface area contributed by atoms with Crippen LogP contribution in [-0.4, -0.2) is 62.0 Å². The lowest BCUT2D eigenvalue weighted by molar-refractivity contribution is 0.426. The van der Waals surface area contributed by atoms with E-state index in [0.717, 1.165) is 78.4 Å². The molecule has 6 heterocycles. The van der Waals surface area contributed by atoms with Crippen LogP contribution in [0.15, 0.2) is 170 Å². The van der Waals surface area contributed by atoms with Crippen molar-refractivity contribution in [3.8, 4) is 22.5 Å². The van der Waals surface area contributed by atoms with Gasteiger partial charge in [-0.05, 0) is 91.9 Å². The summed E-state index contributed by atoms with van der Waals surface area (Å²) in [7, 11) is -1.34.